The number of carbonyl (C=O) groups excluding carboxylic acids is 3. The fraction of sp³-hybridized carbons (Fsp3) is 0.400. The second-order valence-electron chi connectivity index (χ2n) is 8.33. The van der Waals surface area contributed by atoms with Crippen molar-refractivity contribution in [2.75, 3.05) is 13.3 Å². The van der Waals surface area contributed by atoms with E-state index >= 15 is 0 Å². The van der Waals surface area contributed by atoms with Crippen LogP contribution >= 0.6 is 7.60 Å². The van der Waals surface area contributed by atoms with E-state index in [9.17, 15) is 18.9 Å². The molecule has 0 aliphatic carbocycles. The van der Waals surface area contributed by atoms with E-state index in [1.165, 1.54) is 7.11 Å². The predicted octanol–water partition coefficient (Wildman–Crippen LogP) is 4.91. The molecule has 0 amide bonds. The Morgan fingerprint density at radius 2 is 1.09 bits per heavy atom. The van der Waals surface area contributed by atoms with Crippen molar-refractivity contribution in [1.29, 1.82) is 0 Å². The minimum absolute atomic E-state index is 0.100. The van der Waals surface area contributed by atoms with Crippen molar-refractivity contribution >= 4 is 25.5 Å². The van der Waals surface area contributed by atoms with Gasteiger partial charge in [0.25, 0.3) is 0 Å². The van der Waals surface area contributed by atoms with Gasteiger partial charge in [0, 0.05) is 0 Å². The van der Waals surface area contributed by atoms with Gasteiger partial charge in [-0.1, -0.05) is 52.0 Å². The van der Waals surface area contributed by atoms with Crippen molar-refractivity contribution in [3.05, 3.63) is 59.7 Å². The van der Waals surface area contributed by atoms with Gasteiger partial charge in [-0.05, 0) is 35.4 Å². The summed E-state index contributed by atoms with van der Waals surface area (Å²) < 4.78 is 39.3. The van der Waals surface area contributed by atoms with Gasteiger partial charge in [-0.3, -0.25) is 18.9 Å². The molecule has 9 nitrogen and oxygen atoms in total. The molecule has 0 N–H and O–H groups in total. The SMILES string of the molecule is COC(=O)CP(=O)(OCc1ccc(OC(=O)C(C)C)cc1)OCc1ccc(OC(=O)C(C)C)cc1. The van der Waals surface area contributed by atoms with E-state index in [2.05, 4.69) is 4.74 Å². The Kier molecular flexibility index (Phi) is 10.6. The number of carbonyl (C=O) groups is 3. The minimum atomic E-state index is -3.86. The van der Waals surface area contributed by atoms with Gasteiger partial charge in [-0.15, -0.1) is 0 Å². The van der Waals surface area contributed by atoms with Crippen LogP contribution < -0.4 is 9.47 Å². The largest absolute Gasteiger partial charge is 0.469 e. The topological polar surface area (TPSA) is 114 Å². The van der Waals surface area contributed by atoms with Crippen molar-refractivity contribution in [2.45, 2.75) is 40.9 Å². The fourth-order valence-corrected chi connectivity index (χ4v) is 3.87. The van der Waals surface area contributed by atoms with Crippen LogP contribution in [0.1, 0.15) is 38.8 Å². The third kappa shape index (κ3) is 9.64. The molecule has 0 aromatic heterocycles. The highest BCUT2D eigenvalue weighted by Gasteiger charge is 2.29. The van der Waals surface area contributed by atoms with Crippen LogP contribution in [0, 0.1) is 11.8 Å². The van der Waals surface area contributed by atoms with E-state index in [1.54, 1.807) is 76.2 Å². The van der Waals surface area contributed by atoms with E-state index in [4.69, 9.17) is 18.5 Å². The average molecular weight is 506 g/mol. The lowest BCUT2D eigenvalue weighted by Crippen LogP contribution is -2.14. The molecule has 2 aromatic rings. The molecular formula is C25H31O9P. The highest BCUT2D eigenvalue weighted by molar-refractivity contribution is 7.54. The van der Waals surface area contributed by atoms with E-state index < -0.39 is 19.7 Å². The molecule has 10 heteroatoms. The van der Waals surface area contributed by atoms with Crippen LogP contribution in [0.25, 0.3) is 0 Å². The summed E-state index contributed by atoms with van der Waals surface area (Å²) in [6, 6.07) is 13.0. The summed E-state index contributed by atoms with van der Waals surface area (Å²) in [5.41, 5.74) is 1.28. The molecule has 0 aliphatic heterocycles. The van der Waals surface area contributed by atoms with Crippen LogP contribution in [0.2, 0.25) is 0 Å². The molecule has 0 fully saturated rings. The van der Waals surface area contributed by atoms with Gasteiger partial charge in [0.2, 0.25) is 0 Å². The van der Waals surface area contributed by atoms with Crippen LogP contribution in [0.3, 0.4) is 0 Å². The second kappa shape index (κ2) is 13.2. The van der Waals surface area contributed by atoms with Crippen molar-refractivity contribution in [2.24, 2.45) is 11.8 Å². The Morgan fingerprint density at radius 3 is 1.40 bits per heavy atom. The smallest absolute Gasteiger partial charge is 0.342 e. The van der Waals surface area contributed by atoms with Crippen molar-refractivity contribution in [3.63, 3.8) is 0 Å². The number of hydrogen-bond donors (Lipinski definition) is 0. The molecule has 0 saturated carbocycles. The molecule has 35 heavy (non-hydrogen) atoms. The van der Waals surface area contributed by atoms with Gasteiger partial charge >= 0.3 is 25.5 Å². The van der Waals surface area contributed by atoms with Crippen LogP contribution in [-0.2, 0) is 45.9 Å². The van der Waals surface area contributed by atoms with Gasteiger partial charge in [-0.25, -0.2) is 0 Å². The number of hydrogen-bond acceptors (Lipinski definition) is 9. The van der Waals surface area contributed by atoms with E-state index in [0.717, 1.165) is 0 Å². The molecule has 0 aliphatic rings. The van der Waals surface area contributed by atoms with E-state index in [1.807, 2.05) is 0 Å². The molecule has 2 aromatic carbocycles. The maximum absolute atomic E-state index is 13.2. The molecule has 0 spiro atoms. The number of esters is 3. The lowest BCUT2D eigenvalue weighted by atomic mass is 10.2. The first kappa shape index (κ1) is 28.2. The zero-order valence-corrected chi connectivity index (χ0v) is 21.4. The molecule has 0 saturated heterocycles. The molecule has 0 radical (unpaired) electrons. The lowest BCUT2D eigenvalue weighted by Gasteiger charge is -2.18. The Balaban J connectivity index is 2.00. The number of ether oxygens (including phenoxy) is 3. The second-order valence-corrected chi connectivity index (χ2v) is 10.4. The zero-order valence-electron chi connectivity index (χ0n) is 20.5. The van der Waals surface area contributed by atoms with Gasteiger partial charge < -0.3 is 23.3 Å². The Labute approximate surface area is 205 Å². The molecule has 0 bridgehead atoms. The Bertz CT molecular complexity index is 970. The zero-order chi connectivity index (χ0) is 26.0. The van der Waals surface area contributed by atoms with Gasteiger partial charge in [0.15, 0.2) is 0 Å². The third-order valence-electron chi connectivity index (χ3n) is 4.63. The molecule has 190 valence electrons. The quantitative estimate of drug-likeness (QED) is 0.225. The Morgan fingerprint density at radius 1 is 0.714 bits per heavy atom. The Hall–Kier alpha value is -3.00. The molecule has 2 rings (SSSR count). The summed E-state index contributed by atoms with van der Waals surface area (Å²) in [5.74, 6) is -1.20. The molecule has 0 unspecified atom stereocenters. The summed E-state index contributed by atoms with van der Waals surface area (Å²) in [7, 11) is -2.68. The van der Waals surface area contributed by atoms with Gasteiger partial charge in [-0.2, -0.15) is 0 Å². The molecule has 0 atom stereocenters. The van der Waals surface area contributed by atoms with Crippen molar-refractivity contribution in [3.8, 4) is 11.5 Å². The van der Waals surface area contributed by atoms with Crippen LogP contribution in [0.15, 0.2) is 48.5 Å². The van der Waals surface area contributed by atoms with Crippen molar-refractivity contribution < 1.29 is 42.2 Å². The first-order valence-electron chi connectivity index (χ1n) is 11.1. The highest BCUT2D eigenvalue weighted by Crippen LogP contribution is 2.49. The minimum Gasteiger partial charge on any atom is -0.469 e. The number of benzene rings is 2. The normalized spacial score (nSPS) is 11.4. The first-order chi connectivity index (χ1) is 16.5. The lowest BCUT2D eigenvalue weighted by molar-refractivity contribution is -0.138. The summed E-state index contributed by atoms with van der Waals surface area (Å²) in [6.45, 7) is 6.74. The first-order valence-corrected chi connectivity index (χ1v) is 12.8. The number of rotatable bonds is 12. The van der Waals surface area contributed by atoms with Gasteiger partial charge in [0.1, 0.15) is 17.7 Å². The molecule has 0 heterocycles. The van der Waals surface area contributed by atoms with Crippen LogP contribution in [-0.4, -0.2) is 31.2 Å². The maximum Gasteiger partial charge on any atom is 0.342 e. The van der Waals surface area contributed by atoms with Crippen LogP contribution in [0.5, 0.6) is 11.5 Å². The average Bonchev–Trinajstić information content (AvgIpc) is 2.83. The fourth-order valence-electron chi connectivity index (χ4n) is 2.47. The van der Waals surface area contributed by atoms with Crippen molar-refractivity contribution in [1.82, 2.24) is 0 Å². The predicted molar refractivity (Wildman–Crippen MR) is 128 cm³/mol. The van der Waals surface area contributed by atoms with Crippen LogP contribution in [0.4, 0.5) is 0 Å². The summed E-state index contributed by atoms with van der Waals surface area (Å²) in [6.07, 6.45) is -0.558. The summed E-state index contributed by atoms with van der Waals surface area (Å²) in [5, 5.41) is 0. The van der Waals surface area contributed by atoms with E-state index in [-0.39, 0.29) is 37.0 Å². The highest BCUT2D eigenvalue weighted by atomic mass is 31.2. The number of methoxy groups -OCH3 is 1. The maximum atomic E-state index is 13.2. The standard InChI is InChI=1S/C25H31O9P/c1-17(2)24(27)33-21-10-6-19(7-11-21)14-31-35(29,16-23(26)30-5)32-15-20-8-12-22(13-9-20)34-25(28)18(3)4/h6-13,17-18H,14-16H2,1-5H3. The summed E-state index contributed by atoms with van der Waals surface area (Å²) in [4.78, 5) is 35.2. The third-order valence-corrected chi connectivity index (χ3v) is 6.32. The molecular weight excluding hydrogens is 475 g/mol. The summed E-state index contributed by atoms with van der Waals surface area (Å²) >= 11 is 0. The van der Waals surface area contributed by atoms with Gasteiger partial charge in [0.05, 0.1) is 32.2 Å². The van der Waals surface area contributed by atoms with E-state index in [0.29, 0.717) is 22.6 Å². The monoisotopic (exact) mass is 506 g/mol.